The molecular weight excluding hydrogens is 232 g/mol. The van der Waals surface area contributed by atoms with Crippen LogP contribution in [-0.2, 0) is 0 Å². The van der Waals surface area contributed by atoms with Crippen molar-refractivity contribution in [2.24, 2.45) is 5.73 Å². The van der Waals surface area contributed by atoms with Gasteiger partial charge in [-0.1, -0.05) is 24.3 Å². The second-order valence-corrected chi connectivity index (χ2v) is 4.49. The van der Waals surface area contributed by atoms with E-state index < -0.39 is 6.04 Å². The fraction of sp³-hybridized carbons (Fsp3) is 0.200. The van der Waals surface area contributed by atoms with E-state index in [1.807, 2.05) is 0 Å². The van der Waals surface area contributed by atoms with E-state index in [1.165, 1.54) is 12.1 Å². The molecule has 2 aromatic carbocycles. The molecule has 2 aromatic rings. The highest BCUT2D eigenvalue weighted by atomic mass is 19.1. The summed E-state index contributed by atoms with van der Waals surface area (Å²) in [6, 6.07) is 9.16. The summed E-state index contributed by atoms with van der Waals surface area (Å²) in [6.07, 6.45) is 0. The van der Waals surface area contributed by atoms with Crippen LogP contribution in [0.4, 0.5) is 8.78 Å². The van der Waals surface area contributed by atoms with E-state index in [0.29, 0.717) is 22.3 Å². The molecule has 0 unspecified atom stereocenters. The van der Waals surface area contributed by atoms with Crippen molar-refractivity contribution in [2.75, 3.05) is 0 Å². The topological polar surface area (TPSA) is 26.0 Å². The van der Waals surface area contributed by atoms with Crippen molar-refractivity contribution in [1.29, 1.82) is 0 Å². The van der Waals surface area contributed by atoms with E-state index in [2.05, 4.69) is 0 Å². The van der Waals surface area contributed by atoms with Gasteiger partial charge in [0.2, 0.25) is 0 Å². The highest BCUT2D eigenvalue weighted by molar-refractivity contribution is 5.35. The van der Waals surface area contributed by atoms with Crippen molar-refractivity contribution in [3.63, 3.8) is 0 Å². The van der Waals surface area contributed by atoms with Gasteiger partial charge >= 0.3 is 0 Å². The maximum atomic E-state index is 13.5. The molecule has 94 valence electrons. The molecule has 0 aliphatic rings. The molecule has 1 nitrogen and oxygen atoms in total. The lowest BCUT2D eigenvalue weighted by Gasteiger charge is -2.14. The number of rotatable bonds is 2. The molecule has 18 heavy (non-hydrogen) atoms. The van der Waals surface area contributed by atoms with Gasteiger partial charge in [0.05, 0.1) is 6.04 Å². The molecule has 0 aromatic heterocycles. The Hall–Kier alpha value is -1.74. The molecule has 0 saturated carbocycles. The number of nitrogens with two attached hydrogens (primary N) is 1. The van der Waals surface area contributed by atoms with Crippen LogP contribution in [0.1, 0.15) is 28.3 Å². The van der Waals surface area contributed by atoms with Gasteiger partial charge in [-0.2, -0.15) is 0 Å². The highest BCUT2D eigenvalue weighted by Gasteiger charge is 2.12. The maximum Gasteiger partial charge on any atom is 0.126 e. The van der Waals surface area contributed by atoms with Crippen LogP contribution in [0.2, 0.25) is 0 Å². The van der Waals surface area contributed by atoms with Crippen LogP contribution in [0.25, 0.3) is 0 Å². The van der Waals surface area contributed by atoms with Gasteiger partial charge in [0.1, 0.15) is 11.6 Å². The molecule has 2 N–H and O–H groups in total. The third-order valence-corrected chi connectivity index (χ3v) is 3.11. The van der Waals surface area contributed by atoms with E-state index >= 15 is 0 Å². The van der Waals surface area contributed by atoms with E-state index in [4.69, 9.17) is 5.73 Å². The Labute approximate surface area is 105 Å². The Kier molecular flexibility index (Phi) is 3.43. The first-order valence-corrected chi connectivity index (χ1v) is 5.76. The summed E-state index contributed by atoms with van der Waals surface area (Å²) in [5.41, 5.74) is 8.44. The summed E-state index contributed by atoms with van der Waals surface area (Å²) in [6.45, 7) is 3.38. The van der Waals surface area contributed by atoms with Gasteiger partial charge in [-0.05, 0) is 48.2 Å². The average Bonchev–Trinajstić information content (AvgIpc) is 2.35. The lowest BCUT2D eigenvalue weighted by molar-refractivity contribution is 0.610. The fourth-order valence-corrected chi connectivity index (χ4v) is 1.80. The normalized spacial score (nSPS) is 11.0. The van der Waals surface area contributed by atoms with E-state index in [-0.39, 0.29) is 11.6 Å². The van der Waals surface area contributed by atoms with Crippen molar-refractivity contribution in [3.8, 4) is 0 Å². The Bertz CT molecular complexity index is 527. The van der Waals surface area contributed by atoms with E-state index in [1.54, 1.807) is 38.1 Å². The van der Waals surface area contributed by atoms with Gasteiger partial charge in [-0.3, -0.25) is 0 Å². The largest absolute Gasteiger partial charge is 0.320 e. The molecule has 0 atom stereocenters. The Morgan fingerprint density at radius 2 is 1.22 bits per heavy atom. The predicted octanol–water partition coefficient (Wildman–Crippen LogP) is 3.63. The SMILES string of the molecule is Cc1ccc(C(N)c2ccc(C)c(F)c2)cc1F. The Morgan fingerprint density at radius 1 is 0.833 bits per heavy atom. The summed E-state index contributed by atoms with van der Waals surface area (Å²) < 4.78 is 26.9. The molecule has 0 fully saturated rings. The van der Waals surface area contributed by atoms with Crippen LogP contribution < -0.4 is 5.73 Å². The number of hydrogen-bond acceptors (Lipinski definition) is 1. The average molecular weight is 247 g/mol. The highest BCUT2D eigenvalue weighted by Crippen LogP contribution is 2.23. The van der Waals surface area contributed by atoms with E-state index in [0.717, 1.165) is 0 Å². The first-order valence-electron chi connectivity index (χ1n) is 5.76. The maximum absolute atomic E-state index is 13.5. The number of hydrogen-bond donors (Lipinski definition) is 1. The zero-order valence-corrected chi connectivity index (χ0v) is 10.4. The quantitative estimate of drug-likeness (QED) is 0.861. The van der Waals surface area contributed by atoms with Crippen molar-refractivity contribution < 1.29 is 8.78 Å². The van der Waals surface area contributed by atoms with Gasteiger partial charge < -0.3 is 5.73 Å². The van der Waals surface area contributed by atoms with Crippen molar-refractivity contribution in [1.82, 2.24) is 0 Å². The molecule has 0 spiro atoms. The predicted molar refractivity (Wildman–Crippen MR) is 68.3 cm³/mol. The molecule has 0 saturated heterocycles. The third kappa shape index (κ3) is 2.41. The minimum atomic E-state index is -0.518. The second-order valence-electron chi connectivity index (χ2n) is 4.49. The standard InChI is InChI=1S/C15H15F2N/c1-9-3-5-11(7-13(9)16)15(18)12-6-4-10(2)14(17)8-12/h3-8,15H,18H2,1-2H3. The van der Waals surface area contributed by atoms with Crippen molar-refractivity contribution >= 4 is 0 Å². The van der Waals surface area contributed by atoms with Gasteiger partial charge in [0.15, 0.2) is 0 Å². The number of aryl methyl sites for hydroxylation is 2. The summed E-state index contributed by atoms with van der Waals surface area (Å²) in [7, 11) is 0. The molecule has 0 aliphatic heterocycles. The molecule has 0 amide bonds. The lowest BCUT2D eigenvalue weighted by Crippen LogP contribution is -2.12. The summed E-state index contributed by atoms with van der Waals surface area (Å²) in [4.78, 5) is 0. The fourth-order valence-electron chi connectivity index (χ4n) is 1.80. The van der Waals surface area contributed by atoms with Crippen molar-refractivity contribution in [2.45, 2.75) is 19.9 Å². The first-order chi connectivity index (χ1) is 8.49. The summed E-state index contributed by atoms with van der Waals surface area (Å²) in [5.74, 6) is -0.592. The van der Waals surface area contributed by atoms with Crippen LogP contribution in [0, 0.1) is 25.5 Å². The van der Waals surface area contributed by atoms with Crippen LogP contribution >= 0.6 is 0 Å². The first kappa shape index (κ1) is 12.7. The molecular formula is C15H15F2N. The van der Waals surface area contributed by atoms with E-state index in [9.17, 15) is 8.78 Å². The molecule has 0 bridgehead atoms. The van der Waals surface area contributed by atoms with Crippen LogP contribution in [0.3, 0.4) is 0 Å². The molecule has 0 aliphatic carbocycles. The monoisotopic (exact) mass is 247 g/mol. The molecule has 0 radical (unpaired) electrons. The molecule has 0 heterocycles. The molecule has 3 heteroatoms. The summed E-state index contributed by atoms with van der Waals surface area (Å²) in [5, 5.41) is 0. The number of benzene rings is 2. The Balaban J connectivity index is 2.37. The third-order valence-electron chi connectivity index (χ3n) is 3.11. The van der Waals surface area contributed by atoms with Crippen LogP contribution in [0.15, 0.2) is 36.4 Å². The lowest BCUT2D eigenvalue weighted by atomic mass is 9.97. The van der Waals surface area contributed by atoms with Gasteiger partial charge in [-0.15, -0.1) is 0 Å². The van der Waals surface area contributed by atoms with Crippen molar-refractivity contribution in [3.05, 3.63) is 70.3 Å². The minimum Gasteiger partial charge on any atom is -0.320 e. The van der Waals surface area contributed by atoms with Crippen LogP contribution in [0.5, 0.6) is 0 Å². The van der Waals surface area contributed by atoms with Gasteiger partial charge in [0, 0.05) is 0 Å². The number of halogens is 2. The second kappa shape index (κ2) is 4.86. The molecule has 2 rings (SSSR count). The minimum absolute atomic E-state index is 0.296. The Morgan fingerprint density at radius 3 is 1.56 bits per heavy atom. The zero-order valence-electron chi connectivity index (χ0n) is 10.4. The van der Waals surface area contributed by atoms with Gasteiger partial charge in [0.25, 0.3) is 0 Å². The summed E-state index contributed by atoms with van der Waals surface area (Å²) >= 11 is 0. The van der Waals surface area contributed by atoms with Crippen LogP contribution in [-0.4, -0.2) is 0 Å². The van der Waals surface area contributed by atoms with Gasteiger partial charge in [-0.25, -0.2) is 8.78 Å². The zero-order chi connectivity index (χ0) is 13.3. The smallest absolute Gasteiger partial charge is 0.126 e.